The van der Waals surface area contributed by atoms with Crippen molar-refractivity contribution in [3.63, 3.8) is 0 Å². The number of ether oxygens (including phenoxy) is 1. The number of hydrogen-bond donors (Lipinski definition) is 1. The molecule has 1 atom stereocenters. The van der Waals surface area contributed by atoms with E-state index in [4.69, 9.17) is 10.5 Å². The number of rotatable bonds is 2. The van der Waals surface area contributed by atoms with E-state index in [9.17, 15) is 4.79 Å². The molecule has 24 heavy (non-hydrogen) atoms. The van der Waals surface area contributed by atoms with Crippen molar-refractivity contribution in [3.8, 4) is 0 Å². The van der Waals surface area contributed by atoms with Crippen LogP contribution in [0.25, 0.3) is 16.5 Å². The molecule has 0 aliphatic heterocycles. The Hall–Kier alpha value is -2.37. The van der Waals surface area contributed by atoms with Gasteiger partial charge >= 0.3 is 5.97 Å². The number of carbonyl (C=O) groups excluding carboxylic acids is 1. The Bertz CT molecular complexity index is 814. The summed E-state index contributed by atoms with van der Waals surface area (Å²) in [7, 11) is 1.87. The molecule has 0 bridgehead atoms. The van der Waals surface area contributed by atoms with Crippen LogP contribution in [0.2, 0.25) is 0 Å². The van der Waals surface area contributed by atoms with Crippen LogP contribution < -0.4 is 5.73 Å². The number of esters is 1. The first kappa shape index (κ1) is 16.5. The molecule has 6 nitrogen and oxygen atoms in total. The highest BCUT2D eigenvalue weighted by Crippen LogP contribution is 2.32. The number of allylic oxidation sites excluding steroid dienone is 2. The lowest BCUT2D eigenvalue weighted by Gasteiger charge is -2.25. The van der Waals surface area contributed by atoms with Crippen molar-refractivity contribution in [3.05, 3.63) is 24.0 Å². The minimum atomic E-state index is -0.437. The van der Waals surface area contributed by atoms with Gasteiger partial charge in [-0.25, -0.2) is 0 Å². The van der Waals surface area contributed by atoms with Crippen molar-refractivity contribution < 1.29 is 9.53 Å². The molecule has 0 amide bonds. The van der Waals surface area contributed by atoms with E-state index in [1.165, 1.54) is 0 Å². The number of aromatic nitrogens is 3. The summed E-state index contributed by atoms with van der Waals surface area (Å²) in [6.45, 7) is 5.69. The summed E-state index contributed by atoms with van der Waals surface area (Å²) >= 11 is 0. The van der Waals surface area contributed by atoms with Crippen molar-refractivity contribution in [2.24, 2.45) is 13.0 Å². The number of hydrogen-bond acceptors (Lipinski definition) is 5. The maximum atomic E-state index is 12.2. The van der Waals surface area contributed by atoms with E-state index in [1.807, 2.05) is 33.9 Å². The molecule has 2 aromatic heterocycles. The Morgan fingerprint density at radius 1 is 1.42 bits per heavy atom. The molecule has 1 aliphatic rings. The Balaban J connectivity index is 1.78. The Morgan fingerprint density at radius 2 is 2.17 bits per heavy atom. The minimum absolute atomic E-state index is 0.0657. The smallest absolute Gasteiger partial charge is 0.309 e. The zero-order valence-electron chi connectivity index (χ0n) is 14.7. The van der Waals surface area contributed by atoms with E-state index in [-0.39, 0.29) is 11.9 Å². The molecule has 2 heterocycles. The average molecular weight is 328 g/mol. The number of anilines is 1. The van der Waals surface area contributed by atoms with Gasteiger partial charge in [-0.1, -0.05) is 6.08 Å². The van der Waals surface area contributed by atoms with Crippen molar-refractivity contribution in [1.29, 1.82) is 0 Å². The molecule has 2 N–H and O–H groups in total. The van der Waals surface area contributed by atoms with Crippen LogP contribution >= 0.6 is 0 Å². The normalized spacial score (nSPS) is 18.5. The number of nitrogen functional groups attached to an aromatic ring is 1. The highest BCUT2D eigenvalue weighted by molar-refractivity contribution is 5.90. The second kappa shape index (κ2) is 5.92. The summed E-state index contributed by atoms with van der Waals surface area (Å²) in [5.41, 5.74) is 8.49. The van der Waals surface area contributed by atoms with E-state index >= 15 is 0 Å². The average Bonchev–Trinajstić information content (AvgIpc) is 2.80. The molecule has 0 saturated heterocycles. The van der Waals surface area contributed by atoms with Crippen molar-refractivity contribution in [2.75, 3.05) is 5.73 Å². The predicted octanol–water partition coefficient (Wildman–Crippen LogP) is 3.08. The molecular formula is C18H24N4O2. The fourth-order valence-electron chi connectivity index (χ4n) is 3.02. The molecule has 0 radical (unpaired) electrons. The van der Waals surface area contributed by atoms with Crippen LogP contribution in [0.5, 0.6) is 0 Å². The van der Waals surface area contributed by atoms with Gasteiger partial charge in [0.2, 0.25) is 0 Å². The van der Waals surface area contributed by atoms with Gasteiger partial charge in [-0.05, 0) is 51.7 Å². The predicted molar refractivity (Wildman–Crippen MR) is 94.1 cm³/mol. The number of nitrogens with two attached hydrogens (primary N) is 1. The Labute approximate surface area is 141 Å². The zero-order chi connectivity index (χ0) is 17.5. The van der Waals surface area contributed by atoms with E-state index in [0.29, 0.717) is 12.2 Å². The largest absolute Gasteiger partial charge is 0.460 e. The van der Waals surface area contributed by atoms with E-state index in [0.717, 1.165) is 35.0 Å². The summed E-state index contributed by atoms with van der Waals surface area (Å²) in [5.74, 6) is 0.318. The van der Waals surface area contributed by atoms with E-state index in [2.05, 4.69) is 16.2 Å². The van der Waals surface area contributed by atoms with Gasteiger partial charge in [0.05, 0.1) is 22.5 Å². The lowest BCUT2D eigenvalue weighted by atomic mass is 9.88. The van der Waals surface area contributed by atoms with Gasteiger partial charge in [-0.2, -0.15) is 5.10 Å². The third-order valence-corrected chi connectivity index (χ3v) is 4.24. The first-order chi connectivity index (χ1) is 11.2. The number of pyridine rings is 1. The van der Waals surface area contributed by atoms with Gasteiger partial charge in [0.15, 0.2) is 5.82 Å². The standard InChI is InChI=1S/C18H24N4O2/c1-18(2,3)24-17(23)12-7-5-11(6-8-12)14-9-15-13(10-20-14)16(19)21-22(15)4/h5,9-10,12H,6-8H2,1-4H3,(H2,19,21). The first-order valence-corrected chi connectivity index (χ1v) is 8.25. The second-order valence-electron chi connectivity index (χ2n) is 7.33. The molecule has 3 rings (SSSR count). The lowest BCUT2D eigenvalue weighted by molar-refractivity contribution is -0.160. The van der Waals surface area contributed by atoms with Crippen molar-refractivity contribution in [2.45, 2.75) is 45.6 Å². The van der Waals surface area contributed by atoms with Gasteiger partial charge in [-0.15, -0.1) is 0 Å². The Morgan fingerprint density at radius 3 is 2.79 bits per heavy atom. The van der Waals surface area contributed by atoms with Crippen LogP contribution in [0, 0.1) is 5.92 Å². The molecule has 0 aromatic carbocycles. The molecule has 2 aromatic rings. The summed E-state index contributed by atoms with van der Waals surface area (Å²) in [6.07, 6.45) is 6.17. The van der Waals surface area contributed by atoms with Crippen LogP contribution in [-0.2, 0) is 16.6 Å². The second-order valence-corrected chi connectivity index (χ2v) is 7.33. The van der Waals surface area contributed by atoms with Gasteiger partial charge < -0.3 is 10.5 Å². The van der Waals surface area contributed by atoms with Gasteiger partial charge in [0.25, 0.3) is 0 Å². The SMILES string of the molecule is Cn1nc(N)c2cnc(C3=CCC(C(=O)OC(C)(C)C)CC3)cc21. The quantitative estimate of drug-likeness (QED) is 0.857. The van der Waals surface area contributed by atoms with Gasteiger partial charge in [0.1, 0.15) is 5.60 Å². The van der Waals surface area contributed by atoms with Crippen LogP contribution in [0.4, 0.5) is 5.82 Å². The number of carbonyl (C=O) groups is 1. The number of nitrogens with zero attached hydrogens (tertiary/aromatic N) is 3. The molecule has 1 aliphatic carbocycles. The molecule has 128 valence electrons. The molecular weight excluding hydrogens is 304 g/mol. The third kappa shape index (κ3) is 3.27. The summed E-state index contributed by atoms with van der Waals surface area (Å²) in [6, 6.07) is 2.01. The monoisotopic (exact) mass is 328 g/mol. The molecule has 0 fully saturated rings. The zero-order valence-corrected chi connectivity index (χ0v) is 14.7. The number of fused-ring (bicyclic) bond motifs is 1. The van der Waals surface area contributed by atoms with Crippen LogP contribution in [0.15, 0.2) is 18.3 Å². The van der Waals surface area contributed by atoms with E-state index in [1.54, 1.807) is 10.9 Å². The highest BCUT2D eigenvalue weighted by atomic mass is 16.6. The fraction of sp³-hybridized carbons (Fsp3) is 0.500. The maximum Gasteiger partial charge on any atom is 0.309 e. The topological polar surface area (TPSA) is 83.0 Å². The highest BCUT2D eigenvalue weighted by Gasteiger charge is 2.27. The van der Waals surface area contributed by atoms with Crippen LogP contribution in [0.1, 0.15) is 45.7 Å². The van der Waals surface area contributed by atoms with E-state index < -0.39 is 5.60 Å². The summed E-state index contributed by atoms with van der Waals surface area (Å²) in [4.78, 5) is 16.7. The molecule has 0 spiro atoms. The third-order valence-electron chi connectivity index (χ3n) is 4.24. The molecule has 0 saturated carbocycles. The molecule has 1 unspecified atom stereocenters. The lowest BCUT2D eigenvalue weighted by Crippen LogP contribution is -2.29. The first-order valence-electron chi connectivity index (χ1n) is 8.25. The van der Waals surface area contributed by atoms with Gasteiger partial charge in [0, 0.05) is 13.2 Å². The summed E-state index contributed by atoms with van der Waals surface area (Å²) in [5, 5.41) is 5.08. The molecule has 6 heteroatoms. The van der Waals surface area contributed by atoms with Gasteiger partial charge in [-0.3, -0.25) is 14.5 Å². The van der Waals surface area contributed by atoms with Crippen molar-refractivity contribution >= 4 is 28.3 Å². The van der Waals surface area contributed by atoms with Crippen LogP contribution in [0.3, 0.4) is 0 Å². The maximum absolute atomic E-state index is 12.2. The summed E-state index contributed by atoms with van der Waals surface area (Å²) < 4.78 is 7.25. The fourth-order valence-corrected chi connectivity index (χ4v) is 3.02. The van der Waals surface area contributed by atoms with Crippen LogP contribution in [-0.4, -0.2) is 26.3 Å². The minimum Gasteiger partial charge on any atom is -0.460 e. The Kier molecular flexibility index (Phi) is 4.07. The van der Waals surface area contributed by atoms with Crippen molar-refractivity contribution in [1.82, 2.24) is 14.8 Å². The number of aryl methyl sites for hydroxylation is 1.